The minimum absolute atomic E-state index is 0.0515. The number of benzene rings is 1. The average Bonchev–Trinajstić information content (AvgIpc) is 3.53. The molecule has 0 unspecified atom stereocenters. The van der Waals surface area contributed by atoms with Crippen LogP contribution in [0.1, 0.15) is 100 Å². The van der Waals surface area contributed by atoms with E-state index < -0.39 is 17.4 Å². The van der Waals surface area contributed by atoms with Crippen molar-refractivity contribution >= 4 is 17.2 Å². The van der Waals surface area contributed by atoms with Gasteiger partial charge in [0.2, 0.25) is 11.8 Å². The Morgan fingerprint density at radius 2 is 1.74 bits per heavy atom. The van der Waals surface area contributed by atoms with E-state index in [9.17, 15) is 22.4 Å². The fraction of sp³-hybridized carbons (Fsp3) is 0.559. The molecule has 7 saturated carbocycles. The lowest BCUT2D eigenvalue weighted by molar-refractivity contribution is -0.215. The van der Waals surface area contributed by atoms with Gasteiger partial charge in [0.25, 0.3) is 0 Å². The van der Waals surface area contributed by atoms with Gasteiger partial charge in [0.05, 0.1) is 0 Å². The molecule has 0 spiro atoms. The van der Waals surface area contributed by atoms with E-state index >= 15 is 0 Å². The number of rotatable bonds is 8. The average molecular weight is 635 g/mol. The number of amides is 1. The largest absolute Gasteiger partial charge is 0.420 e. The van der Waals surface area contributed by atoms with Crippen LogP contribution < -0.4 is 4.90 Å². The summed E-state index contributed by atoms with van der Waals surface area (Å²) >= 11 is 0. The lowest BCUT2D eigenvalue weighted by Crippen LogP contribution is -2.65. The molecule has 1 aromatic carbocycles. The minimum Gasteiger partial charge on any atom is -0.339 e. The van der Waals surface area contributed by atoms with Crippen molar-refractivity contribution in [2.45, 2.75) is 100 Å². The highest BCUT2D eigenvalue weighted by Gasteiger charge is 2.69. The van der Waals surface area contributed by atoms with E-state index in [-0.39, 0.29) is 34.2 Å². The molecule has 3 aromatic heterocycles. The van der Waals surface area contributed by atoms with Crippen LogP contribution in [-0.2, 0) is 16.4 Å². The molecule has 7 aliphatic carbocycles. The molecule has 8 nitrogen and oxygen atoms in total. The van der Waals surface area contributed by atoms with Crippen molar-refractivity contribution in [1.29, 1.82) is 0 Å². The molecule has 7 fully saturated rings. The van der Waals surface area contributed by atoms with Crippen molar-refractivity contribution in [3.63, 3.8) is 0 Å². The highest BCUT2D eigenvalue weighted by molar-refractivity contribution is 5.95. The van der Waals surface area contributed by atoms with Crippen LogP contribution in [0.15, 0.2) is 47.4 Å². The van der Waals surface area contributed by atoms with Gasteiger partial charge in [-0.3, -0.25) is 4.79 Å². The summed E-state index contributed by atoms with van der Waals surface area (Å²) in [6, 6.07) is 8.25. The van der Waals surface area contributed by atoms with Crippen molar-refractivity contribution in [2.75, 3.05) is 11.4 Å². The van der Waals surface area contributed by atoms with Gasteiger partial charge in [-0.2, -0.15) is 23.3 Å². The van der Waals surface area contributed by atoms with Crippen LogP contribution in [0, 0.1) is 10.8 Å². The van der Waals surface area contributed by atoms with Gasteiger partial charge in [-0.25, -0.2) is 13.9 Å². The van der Waals surface area contributed by atoms with Gasteiger partial charge in [0.1, 0.15) is 17.6 Å². The Labute approximate surface area is 262 Å². The van der Waals surface area contributed by atoms with Gasteiger partial charge in [0, 0.05) is 41.7 Å². The zero-order valence-corrected chi connectivity index (χ0v) is 25.3. The number of alkyl halides is 4. The van der Waals surface area contributed by atoms with Gasteiger partial charge in [0.15, 0.2) is 11.5 Å². The van der Waals surface area contributed by atoms with Gasteiger partial charge < -0.3 is 9.42 Å². The lowest BCUT2D eigenvalue weighted by Gasteiger charge is -2.66. The van der Waals surface area contributed by atoms with E-state index in [0.29, 0.717) is 48.5 Å². The zero-order chi connectivity index (χ0) is 31.5. The molecule has 0 saturated heterocycles. The number of carbonyl (C=O) groups is 1. The highest BCUT2D eigenvalue weighted by atomic mass is 19.4. The Balaban J connectivity index is 1.02. The maximum Gasteiger partial charge on any atom is 0.420 e. The van der Waals surface area contributed by atoms with Crippen LogP contribution >= 0.6 is 0 Å². The normalized spacial score (nSPS) is 31.5. The third-order valence-corrected chi connectivity index (χ3v) is 11.8. The summed E-state index contributed by atoms with van der Waals surface area (Å²) in [5, 5.41) is 8.25. The number of anilines is 1. The number of aromatic nitrogens is 5. The van der Waals surface area contributed by atoms with E-state index in [2.05, 4.69) is 15.2 Å². The van der Waals surface area contributed by atoms with Crippen molar-refractivity contribution in [2.24, 2.45) is 10.8 Å². The van der Waals surface area contributed by atoms with Crippen molar-refractivity contribution in [1.82, 2.24) is 24.7 Å². The van der Waals surface area contributed by atoms with Gasteiger partial charge in [-0.15, -0.1) is 0 Å². The fourth-order valence-electron chi connectivity index (χ4n) is 9.05. The molecule has 12 heteroatoms. The predicted molar refractivity (Wildman–Crippen MR) is 159 cm³/mol. The Bertz CT molecular complexity index is 1830. The smallest absolute Gasteiger partial charge is 0.339 e. The lowest BCUT2D eigenvalue weighted by atomic mass is 9.41. The second kappa shape index (κ2) is 9.38. The highest BCUT2D eigenvalue weighted by Crippen LogP contribution is 2.71. The molecule has 0 N–H and O–H groups in total. The maximum absolute atomic E-state index is 14.4. The molecule has 0 aliphatic heterocycles. The molecular weight excluding hydrogens is 600 g/mol. The number of nitrogens with zero attached hydrogens (tertiary/aromatic N) is 6. The number of hydrogen-bond donors (Lipinski definition) is 0. The summed E-state index contributed by atoms with van der Waals surface area (Å²) in [5.41, 5.74) is -1.23. The summed E-state index contributed by atoms with van der Waals surface area (Å²) < 4.78 is 63.3. The molecule has 0 radical (unpaired) electrons. The molecule has 46 heavy (non-hydrogen) atoms. The SMILES string of the molecule is O=C(CC12CC(F)(C1)C2)N(CC12CCC(c3nc(C4CC4)no3)(CC1)CC2)c1cccc(-c2cc(C(F)(F)F)c3ncnn3c2)c1. The monoisotopic (exact) mass is 634 g/mol. The first-order chi connectivity index (χ1) is 22.0. The summed E-state index contributed by atoms with van der Waals surface area (Å²) in [5.74, 6) is 1.97. The van der Waals surface area contributed by atoms with Gasteiger partial charge in [-0.05, 0) is 105 Å². The van der Waals surface area contributed by atoms with Crippen molar-refractivity contribution < 1.29 is 26.9 Å². The van der Waals surface area contributed by atoms with Crippen LogP contribution in [0.2, 0.25) is 0 Å². The van der Waals surface area contributed by atoms with E-state index in [1.165, 1.54) is 6.20 Å². The van der Waals surface area contributed by atoms with Crippen LogP contribution in [0.3, 0.4) is 0 Å². The summed E-state index contributed by atoms with van der Waals surface area (Å²) in [6.07, 6.45) is 7.28. The third-order valence-electron chi connectivity index (χ3n) is 11.8. The first kappa shape index (κ1) is 28.4. The summed E-state index contributed by atoms with van der Waals surface area (Å²) in [4.78, 5) is 24.6. The van der Waals surface area contributed by atoms with Gasteiger partial charge >= 0.3 is 6.18 Å². The summed E-state index contributed by atoms with van der Waals surface area (Å²) in [6.45, 7) is 0.509. The number of fused-ring (bicyclic) bond motifs is 4. The van der Waals surface area contributed by atoms with E-state index in [0.717, 1.165) is 80.0 Å². The number of halogens is 4. The Hall–Kier alpha value is -3.83. The second-order valence-electron chi connectivity index (χ2n) is 15.1. The summed E-state index contributed by atoms with van der Waals surface area (Å²) in [7, 11) is 0. The number of carbonyl (C=O) groups excluding carboxylic acids is 1. The molecule has 4 bridgehead atoms. The molecule has 0 atom stereocenters. The van der Waals surface area contributed by atoms with Crippen LogP contribution in [0.25, 0.3) is 16.8 Å². The topological polar surface area (TPSA) is 89.4 Å². The fourth-order valence-corrected chi connectivity index (χ4v) is 9.05. The predicted octanol–water partition coefficient (Wildman–Crippen LogP) is 7.58. The third kappa shape index (κ3) is 4.49. The first-order valence-electron chi connectivity index (χ1n) is 16.3. The quantitative estimate of drug-likeness (QED) is 0.186. The van der Waals surface area contributed by atoms with Crippen molar-refractivity contribution in [3.05, 3.63) is 60.1 Å². The van der Waals surface area contributed by atoms with Crippen LogP contribution in [-0.4, -0.2) is 42.9 Å². The Morgan fingerprint density at radius 3 is 2.41 bits per heavy atom. The van der Waals surface area contributed by atoms with E-state index in [4.69, 9.17) is 9.51 Å². The zero-order valence-electron chi connectivity index (χ0n) is 25.3. The molecular formula is C34H34F4N6O2. The van der Waals surface area contributed by atoms with E-state index in [1.807, 2.05) is 11.0 Å². The van der Waals surface area contributed by atoms with E-state index in [1.54, 1.807) is 18.2 Å². The number of hydrogen-bond acceptors (Lipinski definition) is 6. The Morgan fingerprint density at radius 1 is 1.00 bits per heavy atom. The number of pyridine rings is 1. The minimum atomic E-state index is -4.61. The molecule has 7 aliphatic rings. The van der Waals surface area contributed by atoms with Gasteiger partial charge in [-0.1, -0.05) is 17.3 Å². The molecule has 3 heterocycles. The maximum atomic E-state index is 14.4. The molecule has 1 amide bonds. The van der Waals surface area contributed by atoms with Crippen molar-refractivity contribution in [3.8, 4) is 11.1 Å². The molecule has 4 aromatic rings. The molecule has 11 rings (SSSR count). The first-order valence-corrected chi connectivity index (χ1v) is 16.3. The Kier molecular flexibility index (Phi) is 5.79. The molecule has 240 valence electrons. The second-order valence-corrected chi connectivity index (χ2v) is 15.1. The van der Waals surface area contributed by atoms with Crippen LogP contribution in [0.4, 0.5) is 23.2 Å². The standard InChI is InChI=1S/C34H34F4N6O2/c35-33-16-31(17-33,18-33)14-26(45)43(19-30-6-9-32(10-7-30,11-8-30)29-41-27(42-46-29)21-4-5-21)24-3-1-2-22(12-24)23-13-25(34(36,37)38)28-39-20-40-44(28)15-23/h1-3,12-13,15,20-21H,4-11,14,16-19H2. The van der Waals surface area contributed by atoms with Crippen LogP contribution in [0.5, 0.6) is 0 Å².